The van der Waals surface area contributed by atoms with Crippen molar-refractivity contribution >= 4 is 5.91 Å². The Morgan fingerprint density at radius 2 is 1.72 bits per heavy atom. The molecule has 2 rings (SSSR count). The quantitative estimate of drug-likeness (QED) is 0.609. The molecule has 1 aliphatic rings. The highest BCUT2D eigenvalue weighted by atomic mass is 16.5. The van der Waals surface area contributed by atoms with Gasteiger partial charge in [-0.15, -0.1) is 0 Å². The van der Waals surface area contributed by atoms with Crippen molar-refractivity contribution in [2.75, 3.05) is 0 Å². The zero-order valence-electron chi connectivity index (χ0n) is 16.6. The SMILES string of the molecule is CCCC1(CCC)O[C@@H](CC)N(C(=O)c2ccccc2)[C@H]1C(C)CC. The molecule has 25 heavy (non-hydrogen) atoms. The molecule has 1 amide bonds. The van der Waals surface area contributed by atoms with Crippen molar-refractivity contribution in [2.24, 2.45) is 5.92 Å². The lowest BCUT2D eigenvalue weighted by Gasteiger charge is -2.39. The molecule has 0 spiro atoms. The largest absolute Gasteiger partial charge is 0.350 e. The van der Waals surface area contributed by atoms with E-state index in [0.717, 1.165) is 44.1 Å². The second-order valence-corrected chi connectivity index (χ2v) is 7.45. The van der Waals surface area contributed by atoms with Crippen LogP contribution in [-0.2, 0) is 4.74 Å². The van der Waals surface area contributed by atoms with Crippen LogP contribution in [0.25, 0.3) is 0 Å². The van der Waals surface area contributed by atoms with Crippen molar-refractivity contribution in [3.63, 3.8) is 0 Å². The third kappa shape index (κ3) is 3.92. The molecule has 3 atom stereocenters. The highest BCUT2D eigenvalue weighted by Crippen LogP contribution is 2.45. The van der Waals surface area contributed by atoms with E-state index >= 15 is 0 Å². The van der Waals surface area contributed by atoms with Crippen LogP contribution in [0.3, 0.4) is 0 Å². The first-order chi connectivity index (χ1) is 12.0. The van der Waals surface area contributed by atoms with Crippen LogP contribution in [0.5, 0.6) is 0 Å². The standard InChI is InChI=1S/C22H35NO2/c1-6-15-22(16-7-2)20(17(5)8-3)23(19(9-4)25-22)21(24)18-13-11-10-12-14-18/h10-14,17,19-20H,6-9,15-16H2,1-5H3/t17?,19-,20-/m0/s1. The van der Waals surface area contributed by atoms with E-state index in [1.54, 1.807) is 0 Å². The fourth-order valence-electron chi connectivity index (χ4n) is 4.50. The number of benzene rings is 1. The third-order valence-corrected chi connectivity index (χ3v) is 5.65. The Morgan fingerprint density at radius 3 is 2.20 bits per heavy atom. The topological polar surface area (TPSA) is 29.5 Å². The second kappa shape index (κ2) is 8.84. The highest BCUT2D eigenvalue weighted by molar-refractivity contribution is 5.94. The Bertz CT molecular complexity index is 536. The number of rotatable bonds is 8. The zero-order chi connectivity index (χ0) is 18.4. The average Bonchev–Trinajstić information content (AvgIpc) is 2.96. The van der Waals surface area contributed by atoms with Gasteiger partial charge in [-0.25, -0.2) is 0 Å². The maximum atomic E-state index is 13.4. The van der Waals surface area contributed by atoms with Crippen LogP contribution in [0.15, 0.2) is 30.3 Å². The highest BCUT2D eigenvalue weighted by Gasteiger charge is 2.54. The van der Waals surface area contributed by atoms with Crippen molar-refractivity contribution in [3.05, 3.63) is 35.9 Å². The van der Waals surface area contributed by atoms with Crippen LogP contribution in [0.1, 0.15) is 83.5 Å². The van der Waals surface area contributed by atoms with E-state index in [1.807, 2.05) is 30.3 Å². The van der Waals surface area contributed by atoms with Gasteiger partial charge in [0.25, 0.3) is 5.91 Å². The first-order valence-electron chi connectivity index (χ1n) is 10.1. The molecular weight excluding hydrogens is 310 g/mol. The summed E-state index contributed by atoms with van der Waals surface area (Å²) in [4.78, 5) is 15.5. The van der Waals surface area contributed by atoms with Crippen LogP contribution in [0, 0.1) is 5.92 Å². The number of hydrogen-bond donors (Lipinski definition) is 0. The molecule has 0 N–H and O–H groups in total. The fraction of sp³-hybridized carbons (Fsp3) is 0.682. The number of ether oxygens (including phenoxy) is 1. The minimum absolute atomic E-state index is 0.117. The molecule has 1 fully saturated rings. The Hall–Kier alpha value is -1.35. The molecule has 0 saturated carbocycles. The van der Waals surface area contributed by atoms with Gasteiger partial charge in [0, 0.05) is 5.56 Å². The first kappa shape index (κ1) is 20.0. The van der Waals surface area contributed by atoms with Gasteiger partial charge in [-0.1, -0.05) is 72.1 Å². The van der Waals surface area contributed by atoms with Gasteiger partial charge in [-0.05, 0) is 37.3 Å². The number of carbonyl (C=O) groups is 1. The van der Waals surface area contributed by atoms with E-state index in [4.69, 9.17) is 4.74 Å². The van der Waals surface area contributed by atoms with Gasteiger partial charge in [-0.2, -0.15) is 0 Å². The van der Waals surface area contributed by atoms with Crippen LogP contribution < -0.4 is 0 Å². The lowest BCUT2D eigenvalue weighted by Crippen LogP contribution is -2.51. The number of amides is 1. The summed E-state index contributed by atoms with van der Waals surface area (Å²) in [6.07, 6.45) is 5.96. The molecule has 0 aromatic heterocycles. The van der Waals surface area contributed by atoms with E-state index in [0.29, 0.717) is 5.92 Å². The predicted molar refractivity (Wildman–Crippen MR) is 104 cm³/mol. The Balaban J connectivity index is 2.48. The second-order valence-electron chi connectivity index (χ2n) is 7.45. The van der Waals surface area contributed by atoms with Crippen LogP contribution in [0.4, 0.5) is 0 Å². The molecule has 1 saturated heterocycles. The summed E-state index contributed by atoms with van der Waals surface area (Å²) in [5, 5.41) is 0. The molecule has 3 nitrogen and oxygen atoms in total. The minimum Gasteiger partial charge on any atom is -0.350 e. The molecule has 3 heteroatoms. The van der Waals surface area contributed by atoms with Crippen molar-refractivity contribution in [1.29, 1.82) is 0 Å². The normalized spacial score (nSPS) is 23.6. The van der Waals surface area contributed by atoms with E-state index in [2.05, 4.69) is 39.5 Å². The zero-order valence-corrected chi connectivity index (χ0v) is 16.6. The van der Waals surface area contributed by atoms with E-state index in [9.17, 15) is 4.79 Å². The molecule has 1 aliphatic heterocycles. The maximum absolute atomic E-state index is 13.4. The summed E-state index contributed by atoms with van der Waals surface area (Å²) in [6.45, 7) is 11.1. The molecule has 1 unspecified atom stereocenters. The molecule has 1 aromatic carbocycles. The van der Waals surface area contributed by atoms with Gasteiger partial charge < -0.3 is 9.64 Å². The summed E-state index contributed by atoms with van der Waals surface area (Å²) in [5.41, 5.74) is 0.561. The van der Waals surface area contributed by atoms with Crippen molar-refractivity contribution < 1.29 is 9.53 Å². The molecule has 1 aromatic rings. The minimum atomic E-state index is -0.204. The molecular formula is C22H35NO2. The van der Waals surface area contributed by atoms with Gasteiger partial charge in [0.15, 0.2) is 0 Å². The van der Waals surface area contributed by atoms with Gasteiger partial charge in [0.2, 0.25) is 0 Å². The Labute approximate surface area is 153 Å². The first-order valence-corrected chi connectivity index (χ1v) is 10.1. The van der Waals surface area contributed by atoms with Crippen molar-refractivity contribution in [2.45, 2.75) is 91.0 Å². The summed E-state index contributed by atoms with van der Waals surface area (Å²) < 4.78 is 6.67. The predicted octanol–water partition coefficient (Wildman–Crippen LogP) is 5.65. The van der Waals surface area contributed by atoms with Crippen molar-refractivity contribution in [3.8, 4) is 0 Å². The summed E-state index contributed by atoms with van der Waals surface area (Å²) in [5.74, 6) is 0.536. The van der Waals surface area contributed by atoms with E-state index < -0.39 is 0 Å². The van der Waals surface area contributed by atoms with Gasteiger partial charge in [0.05, 0.1) is 11.6 Å². The van der Waals surface area contributed by atoms with Gasteiger partial charge >= 0.3 is 0 Å². The molecule has 0 radical (unpaired) electrons. The number of nitrogens with zero attached hydrogens (tertiary/aromatic N) is 1. The molecule has 0 bridgehead atoms. The summed E-state index contributed by atoms with van der Waals surface area (Å²) in [7, 11) is 0. The third-order valence-electron chi connectivity index (χ3n) is 5.65. The van der Waals surface area contributed by atoms with Crippen LogP contribution in [-0.4, -0.2) is 28.7 Å². The number of hydrogen-bond acceptors (Lipinski definition) is 2. The van der Waals surface area contributed by atoms with Gasteiger partial charge in [-0.3, -0.25) is 4.79 Å². The average molecular weight is 346 g/mol. The van der Waals surface area contributed by atoms with E-state index in [1.165, 1.54) is 0 Å². The maximum Gasteiger partial charge on any atom is 0.256 e. The van der Waals surface area contributed by atoms with E-state index in [-0.39, 0.29) is 23.8 Å². The lowest BCUT2D eigenvalue weighted by atomic mass is 9.78. The van der Waals surface area contributed by atoms with Gasteiger partial charge in [0.1, 0.15) is 6.23 Å². The monoisotopic (exact) mass is 345 g/mol. The summed E-state index contributed by atoms with van der Waals surface area (Å²) in [6, 6.07) is 9.82. The Morgan fingerprint density at radius 1 is 1.12 bits per heavy atom. The van der Waals surface area contributed by atoms with Crippen LogP contribution in [0.2, 0.25) is 0 Å². The number of carbonyl (C=O) groups excluding carboxylic acids is 1. The van der Waals surface area contributed by atoms with Crippen molar-refractivity contribution in [1.82, 2.24) is 4.90 Å². The smallest absolute Gasteiger partial charge is 0.256 e. The fourth-order valence-corrected chi connectivity index (χ4v) is 4.50. The Kier molecular flexibility index (Phi) is 7.06. The molecule has 0 aliphatic carbocycles. The lowest BCUT2D eigenvalue weighted by molar-refractivity contribution is -0.0709. The molecule has 140 valence electrons. The molecule has 1 heterocycles. The van der Waals surface area contributed by atoms with Crippen LogP contribution >= 0.6 is 0 Å². The summed E-state index contributed by atoms with van der Waals surface area (Å²) >= 11 is 0.